The lowest BCUT2D eigenvalue weighted by molar-refractivity contribution is 0.0229. The third-order valence-electron chi connectivity index (χ3n) is 0.490. The van der Waals surface area contributed by atoms with E-state index >= 15 is 0 Å². The number of nitrogens with one attached hydrogen (secondary N) is 1. The largest absolute Gasteiger partial charge is 0.442 e. The standard InChI is InChI=1S/C5H11NO3.CH4/c1-5(2,3)9-4(7)6-8;/h8H,1-3H3,(H,6,7);1H4. The van der Waals surface area contributed by atoms with Crippen LogP contribution < -0.4 is 5.48 Å². The van der Waals surface area contributed by atoms with Gasteiger partial charge in [-0.05, 0) is 20.8 Å². The molecule has 0 aliphatic carbocycles. The van der Waals surface area contributed by atoms with E-state index in [-0.39, 0.29) is 7.43 Å². The van der Waals surface area contributed by atoms with E-state index in [1.165, 1.54) is 5.48 Å². The Bertz CT molecular complexity index is 106. The smallest absolute Gasteiger partial charge is 0.431 e. The first-order chi connectivity index (χ1) is 3.95. The fourth-order valence-corrected chi connectivity index (χ4v) is 0.301. The normalized spacial score (nSPS) is 9.60. The van der Waals surface area contributed by atoms with Crippen LogP contribution in [0.1, 0.15) is 28.2 Å². The highest BCUT2D eigenvalue weighted by atomic mass is 16.6. The van der Waals surface area contributed by atoms with E-state index in [9.17, 15) is 4.79 Å². The fourth-order valence-electron chi connectivity index (χ4n) is 0.301. The number of amides is 1. The number of hydrogen-bond acceptors (Lipinski definition) is 3. The third kappa shape index (κ3) is 7.23. The predicted molar refractivity (Wildman–Crippen MR) is 37.9 cm³/mol. The average Bonchev–Trinajstić information content (AvgIpc) is 1.62. The Kier molecular flexibility index (Phi) is 4.92. The van der Waals surface area contributed by atoms with Gasteiger partial charge in [0.1, 0.15) is 5.60 Å². The summed E-state index contributed by atoms with van der Waals surface area (Å²) in [6.45, 7) is 5.13. The van der Waals surface area contributed by atoms with Crippen LogP contribution in [0.15, 0.2) is 0 Å². The van der Waals surface area contributed by atoms with Crippen LogP contribution in [-0.4, -0.2) is 16.9 Å². The third-order valence-corrected chi connectivity index (χ3v) is 0.490. The first-order valence-corrected chi connectivity index (χ1v) is 2.59. The van der Waals surface area contributed by atoms with Crippen molar-refractivity contribution in [3.63, 3.8) is 0 Å². The molecule has 0 unspecified atom stereocenters. The van der Waals surface area contributed by atoms with Crippen molar-refractivity contribution in [3.8, 4) is 0 Å². The van der Waals surface area contributed by atoms with Crippen LogP contribution in [0.4, 0.5) is 4.79 Å². The summed E-state index contributed by atoms with van der Waals surface area (Å²) >= 11 is 0. The molecule has 0 saturated heterocycles. The number of hydroxylamine groups is 1. The Morgan fingerprint density at radius 2 is 1.90 bits per heavy atom. The molecule has 0 heterocycles. The monoisotopic (exact) mass is 149 g/mol. The number of carbonyl (C=O) groups is 1. The Morgan fingerprint density at radius 3 is 2.00 bits per heavy atom. The molecule has 0 fully saturated rings. The summed E-state index contributed by atoms with van der Waals surface area (Å²) in [7, 11) is 0. The first-order valence-electron chi connectivity index (χ1n) is 2.59. The van der Waals surface area contributed by atoms with Crippen LogP contribution >= 0.6 is 0 Å². The minimum atomic E-state index is -0.831. The SMILES string of the molecule is C.CC(C)(C)OC(=O)NO. The van der Waals surface area contributed by atoms with Gasteiger partial charge in [0.2, 0.25) is 0 Å². The van der Waals surface area contributed by atoms with Gasteiger partial charge in [-0.3, -0.25) is 5.21 Å². The lowest BCUT2D eigenvalue weighted by Crippen LogP contribution is -2.30. The Balaban J connectivity index is 0. The maximum Gasteiger partial charge on any atom is 0.431 e. The molecular formula is C6H15NO3. The van der Waals surface area contributed by atoms with E-state index < -0.39 is 11.7 Å². The van der Waals surface area contributed by atoms with Crippen molar-refractivity contribution < 1.29 is 14.7 Å². The van der Waals surface area contributed by atoms with Gasteiger partial charge in [-0.25, -0.2) is 10.3 Å². The van der Waals surface area contributed by atoms with E-state index in [0.717, 1.165) is 0 Å². The molecule has 10 heavy (non-hydrogen) atoms. The molecule has 0 aromatic carbocycles. The van der Waals surface area contributed by atoms with E-state index in [1.807, 2.05) is 0 Å². The van der Waals surface area contributed by atoms with Gasteiger partial charge in [-0.1, -0.05) is 7.43 Å². The predicted octanol–water partition coefficient (Wildman–Crippen LogP) is 1.54. The van der Waals surface area contributed by atoms with Crippen molar-refractivity contribution in [2.75, 3.05) is 0 Å². The molecule has 0 bridgehead atoms. The van der Waals surface area contributed by atoms with Crippen LogP contribution in [0.2, 0.25) is 0 Å². The van der Waals surface area contributed by atoms with E-state index in [0.29, 0.717) is 0 Å². The second-order valence-electron chi connectivity index (χ2n) is 2.61. The molecule has 0 aromatic heterocycles. The van der Waals surface area contributed by atoms with Crippen LogP contribution in [0.3, 0.4) is 0 Å². The highest BCUT2D eigenvalue weighted by Crippen LogP contribution is 2.05. The van der Waals surface area contributed by atoms with E-state index in [4.69, 9.17) is 5.21 Å². The van der Waals surface area contributed by atoms with Crippen molar-refractivity contribution >= 4 is 6.09 Å². The second kappa shape index (κ2) is 4.11. The van der Waals surface area contributed by atoms with Gasteiger partial charge >= 0.3 is 6.09 Å². The Morgan fingerprint density at radius 1 is 1.50 bits per heavy atom. The summed E-state index contributed by atoms with van der Waals surface area (Å²) in [5.74, 6) is 0. The Hall–Kier alpha value is -0.770. The van der Waals surface area contributed by atoms with Gasteiger partial charge in [0.25, 0.3) is 0 Å². The zero-order valence-electron chi connectivity index (χ0n) is 5.76. The van der Waals surface area contributed by atoms with Crippen molar-refractivity contribution in [2.24, 2.45) is 0 Å². The fraction of sp³-hybridized carbons (Fsp3) is 0.833. The van der Waals surface area contributed by atoms with Gasteiger partial charge in [-0.15, -0.1) is 0 Å². The highest BCUT2D eigenvalue weighted by Gasteiger charge is 2.14. The van der Waals surface area contributed by atoms with Crippen LogP contribution in [-0.2, 0) is 4.74 Å². The maximum absolute atomic E-state index is 10.2. The van der Waals surface area contributed by atoms with E-state index in [1.54, 1.807) is 20.8 Å². The molecule has 2 N–H and O–H groups in total. The quantitative estimate of drug-likeness (QED) is 0.405. The molecule has 1 amide bonds. The van der Waals surface area contributed by atoms with Gasteiger partial charge in [-0.2, -0.15) is 0 Å². The lowest BCUT2D eigenvalue weighted by atomic mass is 10.2. The van der Waals surface area contributed by atoms with Crippen molar-refractivity contribution in [1.29, 1.82) is 0 Å². The van der Waals surface area contributed by atoms with Crippen molar-refractivity contribution in [1.82, 2.24) is 5.48 Å². The summed E-state index contributed by atoms with van der Waals surface area (Å²) in [6, 6.07) is 0. The molecule has 4 nitrogen and oxygen atoms in total. The summed E-state index contributed by atoms with van der Waals surface area (Å²) in [6.07, 6.45) is -0.831. The van der Waals surface area contributed by atoms with Crippen LogP contribution in [0.25, 0.3) is 0 Å². The molecule has 0 saturated carbocycles. The molecule has 0 spiro atoms. The van der Waals surface area contributed by atoms with Crippen LogP contribution in [0, 0.1) is 0 Å². The van der Waals surface area contributed by atoms with Gasteiger partial charge in [0, 0.05) is 0 Å². The molecule has 0 aliphatic heterocycles. The lowest BCUT2D eigenvalue weighted by Gasteiger charge is -2.17. The van der Waals surface area contributed by atoms with Crippen molar-refractivity contribution in [3.05, 3.63) is 0 Å². The number of ether oxygens (including phenoxy) is 1. The minimum Gasteiger partial charge on any atom is -0.442 e. The number of hydrogen-bond donors (Lipinski definition) is 2. The summed E-state index contributed by atoms with van der Waals surface area (Å²) in [5, 5.41) is 7.97. The maximum atomic E-state index is 10.2. The molecule has 0 aromatic rings. The molecular weight excluding hydrogens is 134 g/mol. The topological polar surface area (TPSA) is 58.6 Å². The summed E-state index contributed by atoms with van der Waals surface area (Å²) < 4.78 is 4.59. The van der Waals surface area contributed by atoms with Crippen molar-refractivity contribution in [2.45, 2.75) is 33.8 Å². The van der Waals surface area contributed by atoms with Gasteiger partial charge in [0.15, 0.2) is 0 Å². The molecule has 4 heteroatoms. The zero-order valence-corrected chi connectivity index (χ0v) is 5.76. The molecule has 0 atom stereocenters. The molecule has 0 aliphatic rings. The highest BCUT2D eigenvalue weighted by molar-refractivity contribution is 5.65. The first kappa shape index (κ1) is 12.0. The van der Waals surface area contributed by atoms with Gasteiger partial charge < -0.3 is 4.74 Å². The number of carbonyl (C=O) groups excluding carboxylic acids is 1. The second-order valence-corrected chi connectivity index (χ2v) is 2.61. The average molecular weight is 149 g/mol. The number of rotatable bonds is 0. The molecule has 0 radical (unpaired) electrons. The van der Waals surface area contributed by atoms with E-state index in [2.05, 4.69) is 4.74 Å². The summed E-state index contributed by atoms with van der Waals surface area (Å²) in [5.41, 5.74) is 0.812. The van der Waals surface area contributed by atoms with Gasteiger partial charge in [0.05, 0.1) is 0 Å². The summed E-state index contributed by atoms with van der Waals surface area (Å²) in [4.78, 5) is 10.2. The minimum absolute atomic E-state index is 0. The molecule has 62 valence electrons. The zero-order chi connectivity index (χ0) is 7.49. The molecule has 0 rings (SSSR count). The Labute approximate surface area is 61.1 Å². The van der Waals surface area contributed by atoms with Crippen LogP contribution in [0.5, 0.6) is 0 Å².